The number of benzene rings is 1. The maximum Gasteiger partial charge on any atom is 0.122 e. The van der Waals surface area contributed by atoms with Crippen molar-refractivity contribution in [1.29, 1.82) is 0 Å². The second-order valence-corrected chi connectivity index (χ2v) is 4.38. The third-order valence-corrected chi connectivity index (χ3v) is 3.20. The number of hydrogen-bond donors (Lipinski definition) is 1. The quantitative estimate of drug-likeness (QED) is 0.794. The van der Waals surface area contributed by atoms with Gasteiger partial charge in [0.25, 0.3) is 0 Å². The van der Waals surface area contributed by atoms with Gasteiger partial charge in [0.1, 0.15) is 5.75 Å². The Morgan fingerprint density at radius 3 is 2.88 bits per heavy atom. The van der Waals surface area contributed by atoms with Crippen LogP contribution in [0.3, 0.4) is 0 Å². The van der Waals surface area contributed by atoms with E-state index in [0.717, 1.165) is 31.4 Å². The van der Waals surface area contributed by atoms with Gasteiger partial charge in [-0.05, 0) is 49.9 Å². The Hall–Kier alpha value is -1.02. The van der Waals surface area contributed by atoms with E-state index < -0.39 is 0 Å². The lowest BCUT2D eigenvalue weighted by molar-refractivity contribution is 0.336. The fourth-order valence-corrected chi connectivity index (χ4v) is 2.26. The lowest BCUT2D eigenvalue weighted by atomic mass is 10.1. The summed E-state index contributed by atoms with van der Waals surface area (Å²) in [6.45, 7) is 7.16. The average molecular weight is 219 g/mol. The highest BCUT2D eigenvalue weighted by atomic mass is 16.5. The van der Waals surface area contributed by atoms with Gasteiger partial charge >= 0.3 is 0 Å². The van der Waals surface area contributed by atoms with Crippen LogP contribution >= 0.6 is 0 Å². The summed E-state index contributed by atoms with van der Waals surface area (Å²) >= 11 is 0. The largest absolute Gasteiger partial charge is 0.494 e. The van der Waals surface area contributed by atoms with Gasteiger partial charge in [0.2, 0.25) is 0 Å². The van der Waals surface area contributed by atoms with Gasteiger partial charge in [-0.15, -0.1) is 0 Å². The summed E-state index contributed by atoms with van der Waals surface area (Å²) < 4.78 is 5.67. The molecule has 0 amide bonds. The smallest absolute Gasteiger partial charge is 0.122 e. The van der Waals surface area contributed by atoms with Crippen molar-refractivity contribution in [1.82, 2.24) is 5.32 Å². The van der Waals surface area contributed by atoms with Crippen LogP contribution < -0.4 is 10.1 Å². The summed E-state index contributed by atoms with van der Waals surface area (Å²) in [6.07, 6.45) is 1.30. The Balaban J connectivity index is 1.99. The van der Waals surface area contributed by atoms with E-state index in [1.165, 1.54) is 12.0 Å². The number of ether oxygens (including phenoxy) is 1. The zero-order valence-electron chi connectivity index (χ0n) is 10.2. The highest BCUT2D eigenvalue weighted by Crippen LogP contribution is 2.49. The Morgan fingerprint density at radius 1 is 1.31 bits per heavy atom. The lowest BCUT2D eigenvalue weighted by Gasteiger charge is -2.09. The topological polar surface area (TPSA) is 21.3 Å². The first-order valence-electron chi connectivity index (χ1n) is 6.29. The number of rotatable bonds is 6. The van der Waals surface area contributed by atoms with E-state index in [9.17, 15) is 0 Å². The van der Waals surface area contributed by atoms with Crippen LogP contribution in [-0.2, 0) is 0 Å². The third-order valence-electron chi connectivity index (χ3n) is 3.20. The Kier molecular flexibility index (Phi) is 3.83. The second kappa shape index (κ2) is 5.35. The van der Waals surface area contributed by atoms with Crippen molar-refractivity contribution in [2.24, 2.45) is 5.92 Å². The normalized spacial score (nSPS) is 23.1. The van der Waals surface area contributed by atoms with Crippen LogP contribution in [0.5, 0.6) is 5.75 Å². The summed E-state index contributed by atoms with van der Waals surface area (Å²) in [7, 11) is 0. The van der Waals surface area contributed by atoms with Crippen molar-refractivity contribution < 1.29 is 4.74 Å². The SMILES string of the molecule is CCNCC1CC1c1ccccc1OCC. The molecule has 1 saturated carbocycles. The minimum Gasteiger partial charge on any atom is -0.494 e. The van der Waals surface area contributed by atoms with E-state index in [-0.39, 0.29) is 0 Å². The second-order valence-electron chi connectivity index (χ2n) is 4.38. The van der Waals surface area contributed by atoms with Crippen LogP contribution in [0.25, 0.3) is 0 Å². The molecule has 1 fully saturated rings. The predicted octanol–water partition coefficient (Wildman–Crippen LogP) is 2.80. The van der Waals surface area contributed by atoms with Gasteiger partial charge in [-0.1, -0.05) is 25.1 Å². The number of para-hydroxylation sites is 1. The Labute approximate surface area is 98.0 Å². The average Bonchev–Trinajstić information content (AvgIpc) is 3.07. The first kappa shape index (κ1) is 11.5. The maximum atomic E-state index is 5.67. The van der Waals surface area contributed by atoms with E-state index in [0.29, 0.717) is 5.92 Å². The summed E-state index contributed by atoms with van der Waals surface area (Å²) in [5, 5.41) is 3.42. The molecule has 1 aliphatic carbocycles. The summed E-state index contributed by atoms with van der Waals surface area (Å²) in [6, 6.07) is 8.46. The molecule has 2 atom stereocenters. The zero-order chi connectivity index (χ0) is 11.4. The van der Waals surface area contributed by atoms with Crippen molar-refractivity contribution in [2.75, 3.05) is 19.7 Å². The van der Waals surface area contributed by atoms with E-state index in [4.69, 9.17) is 4.74 Å². The van der Waals surface area contributed by atoms with Crippen molar-refractivity contribution in [3.8, 4) is 5.75 Å². The maximum absolute atomic E-state index is 5.67. The van der Waals surface area contributed by atoms with Gasteiger partial charge in [0.15, 0.2) is 0 Å². The fraction of sp³-hybridized carbons (Fsp3) is 0.571. The third kappa shape index (κ3) is 2.56. The minimum absolute atomic E-state index is 0.710. The van der Waals surface area contributed by atoms with Crippen LogP contribution in [0.1, 0.15) is 31.7 Å². The van der Waals surface area contributed by atoms with Crippen LogP contribution in [0, 0.1) is 5.92 Å². The fourth-order valence-electron chi connectivity index (χ4n) is 2.26. The molecule has 2 nitrogen and oxygen atoms in total. The zero-order valence-corrected chi connectivity index (χ0v) is 10.2. The molecular weight excluding hydrogens is 198 g/mol. The molecule has 88 valence electrons. The molecular formula is C14H21NO. The summed E-state index contributed by atoms with van der Waals surface area (Å²) in [5.74, 6) is 2.59. The molecule has 0 aliphatic heterocycles. The summed E-state index contributed by atoms with van der Waals surface area (Å²) in [4.78, 5) is 0. The standard InChI is InChI=1S/C14H21NO/c1-3-15-10-11-9-13(11)12-7-5-6-8-14(12)16-4-2/h5-8,11,13,15H,3-4,9-10H2,1-2H3. The van der Waals surface area contributed by atoms with Crippen molar-refractivity contribution >= 4 is 0 Å². The van der Waals surface area contributed by atoms with Crippen molar-refractivity contribution in [3.05, 3.63) is 29.8 Å². The van der Waals surface area contributed by atoms with Crippen molar-refractivity contribution in [3.63, 3.8) is 0 Å². The lowest BCUT2D eigenvalue weighted by Crippen LogP contribution is -2.16. The van der Waals surface area contributed by atoms with E-state index >= 15 is 0 Å². The van der Waals surface area contributed by atoms with Gasteiger partial charge in [-0.3, -0.25) is 0 Å². The van der Waals surface area contributed by atoms with Crippen LogP contribution in [-0.4, -0.2) is 19.7 Å². The van der Waals surface area contributed by atoms with Gasteiger partial charge in [-0.25, -0.2) is 0 Å². The van der Waals surface area contributed by atoms with Gasteiger partial charge in [-0.2, -0.15) is 0 Å². The molecule has 1 aromatic carbocycles. The van der Waals surface area contributed by atoms with Crippen LogP contribution in [0.4, 0.5) is 0 Å². The predicted molar refractivity (Wildman–Crippen MR) is 67.0 cm³/mol. The Morgan fingerprint density at radius 2 is 2.12 bits per heavy atom. The molecule has 0 bridgehead atoms. The number of hydrogen-bond acceptors (Lipinski definition) is 2. The minimum atomic E-state index is 0.710. The highest BCUT2D eigenvalue weighted by molar-refractivity contribution is 5.39. The molecule has 16 heavy (non-hydrogen) atoms. The highest BCUT2D eigenvalue weighted by Gasteiger charge is 2.39. The molecule has 0 radical (unpaired) electrons. The van der Waals surface area contributed by atoms with E-state index in [1.807, 2.05) is 6.92 Å². The van der Waals surface area contributed by atoms with Crippen molar-refractivity contribution in [2.45, 2.75) is 26.2 Å². The summed E-state index contributed by atoms with van der Waals surface area (Å²) in [5.41, 5.74) is 1.40. The van der Waals surface area contributed by atoms with Crippen LogP contribution in [0.15, 0.2) is 24.3 Å². The molecule has 0 heterocycles. The van der Waals surface area contributed by atoms with Crippen LogP contribution in [0.2, 0.25) is 0 Å². The molecule has 1 aromatic rings. The monoisotopic (exact) mass is 219 g/mol. The number of nitrogens with one attached hydrogen (secondary N) is 1. The molecule has 0 spiro atoms. The van der Waals surface area contributed by atoms with E-state index in [1.54, 1.807) is 0 Å². The van der Waals surface area contributed by atoms with E-state index in [2.05, 4.69) is 36.5 Å². The molecule has 2 unspecified atom stereocenters. The molecule has 0 saturated heterocycles. The first-order valence-corrected chi connectivity index (χ1v) is 6.29. The van der Waals surface area contributed by atoms with Gasteiger partial charge in [0.05, 0.1) is 6.61 Å². The molecule has 1 aliphatic rings. The van der Waals surface area contributed by atoms with Gasteiger partial charge in [0, 0.05) is 0 Å². The van der Waals surface area contributed by atoms with Gasteiger partial charge < -0.3 is 10.1 Å². The molecule has 0 aromatic heterocycles. The molecule has 2 heteroatoms. The first-order chi connectivity index (χ1) is 7.86. The molecule has 2 rings (SSSR count). The molecule has 1 N–H and O–H groups in total. The Bertz CT molecular complexity index is 337.